The average Bonchev–Trinajstić information content (AvgIpc) is 3.40. The maximum Gasteiger partial charge on any atom is 0.0619 e. The molecule has 0 unspecified atom stereocenters. The molecule has 41 heavy (non-hydrogen) atoms. The molecule has 7 aromatic carbocycles. The van der Waals surface area contributed by atoms with Gasteiger partial charge in [-0.1, -0.05) is 140 Å². The first-order chi connectivity index (χ1) is 20.3. The van der Waals surface area contributed by atoms with Crippen molar-refractivity contribution in [3.63, 3.8) is 0 Å². The van der Waals surface area contributed by atoms with Gasteiger partial charge in [0.25, 0.3) is 0 Å². The van der Waals surface area contributed by atoms with Gasteiger partial charge < -0.3 is 4.57 Å². The molecular weight excluding hydrogens is 494 g/mol. The van der Waals surface area contributed by atoms with Gasteiger partial charge in [0.15, 0.2) is 0 Å². The molecule has 0 aliphatic heterocycles. The Bertz CT molecular complexity index is 2170. The Hall–Kier alpha value is -5.40. The van der Waals surface area contributed by atoms with Crippen LogP contribution in [0.1, 0.15) is 0 Å². The van der Waals surface area contributed by atoms with Crippen molar-refractivity contribution in [1.82, 2.24) is 4.57 Å². The molecule has 8 rings (SSSR count). The summed E-state index contributed by atoms with van der Waals surface area (Å²) in [5.74, 6) is 0. The van der Waals surface area contributed by atoms with Crippen molar-refractivity contribution in [1.29, 1.82) is 0 Å². The normalized spacial score (nSPS) is 11.4. The van der Waals surface area contributed by atoms with E-state index >= 15 is 0 Å². The Labute approximate surface area is 239 Å². The highest BCUT2D eigenvalue weighted by atomic mass is 15.0. The molecule has 0 amide bonds. The Morgan fingerprint density at radius 1 is 0.341 bits per heavy atom. The first kappa shape index (κ1) is 23.5. The molecular formula is C40H27N. The van der Waals surface area contributed by atoms with E-state index in [2.05, 4.69) is 168 Å². The third-order valence-corrected chi connectivity index (χ3v) is 8.21. The molecule has 0 saturated heterocycles. The molecule has 1 nitrogen and oxygen atoms in total. The van der Waals surface area contributed by atoms with E-state index in [0.717, 1.165) is 5.69 Å². The van der Waals surface area contributed by atoms with Gasteiger partial charge in [0, 0.05) is 21.8 Å². The number of hydrogen-bond donors (Lipinski definition) is 0. The number of benzene rings is 7. The van der Waals surface area contributed by atoms with Gasteiger partial charge in [-0.15, -0.1) is 0 Å². The minimum absolute atomic E-state index is 1.16. The van der Waals surface area contributed by atoms with Crippen LogP contribution >= 0.6 is 0 Å². The molecule has 192 valence electrons. The maximum atomic E-state index is 2.43. The van der Waals surface area contributed by atoms with Gasteiger partial charge in [0.2, 0.25) is 0 Å². The molecule has 0 atom stereocenters. The Balaban J connectivity index is 1.33. The molecule has 8 aromatic rings. The molecule has 0 fully saturated rings. The molecule has 1 aromatic heterocycles. The summed E-state index contributed by atoms with van der Waals surface area (Å²) < 4.78 is 2.43. The topological polar surface area (TPSA) is 4.93 Å². The molecule has 1 heterocycles. The third-order valence-electron chi connectivity index (χ3n) is 8.21. The summed E-state index contributed by atoms with van der Waals surface area (Å²) in [7, 11) is 0. The van der Waals surface area contributed by atoms with Crippen LogP contribution in [0.5, 0.6) is 0 Å². The highest BCUT2D eigenvalue weighted by Crippen LogP contribution is 2.39. The van der Waals surface area contributed by atoms with Gasteiger partial charge in [-0.2, -0.15) is 0 Å². The Morgan fingerprint density at radius 3 is 1.73 bits per heavy atom. The standard InChI is InChI=1S/C40H27N/c1-3-11-28(12-4-1)32-22-25-34(29-13-5-2-6-14-29)38(27-32)31-19-23-33(24-20-31)41-39-18-10-9-17-36(39)37-26-21-30-15-7-8-16-35(30)40(37)41/h1-27H. The van der Waals surface area contributed by atoms with Gasteiger partial charge >= 0.3 is 0 Å². The summed E-state index contributed by atoms with van der Waals surface area (Å²) in [5.41, 5.74) is 11.0. The van der Waals surface area contributed by atoms with Crippen molar-refractivity contribution >= 4 is 32.6 Å². The molecule has 0 spiro atoms. The smallest absolute Gasteiger partial charge is 0.0619 e. The van der Waals surface area contributed by atoms with E-state index < -0.39 is 0 Å². The van der Waals surface area contributed by atoms with Crippen molar-refractivity contribution in [2.24, 2.45) is 0 Å². The lowest BCUT2D eigenvalue weighted by Gasteiger charge is -2.15. The Morgan fingerprint density at radius 2 is 0.951 bits per heavy atom. The largest absolute Gasteiger partial charge is 0.309 e. The van der Waals surface area contributed by atoms with Crippen LogP contribution in [0.3, 0.4) is 0 Å². The van der Waals surface area contributed by atoms with E-state index in [-0.39, 0.29) is 0 Å². The quantitative estimate of drug-likeness (QED) is 0.217. The molecule has 0 aliphatic rings. The monoisotopic (exact) mass is 521 g/mol. The van der Waals surface area contributed by atoms with Gasteiger partial charge in [0.1, 0.15) is 0 Å². The maximum absolute atomic E-state index is 2.43. The van der Waals surface area contributed by atoms with E-state index in [1.165, 1.54) is 66.0 Å². The van der Waals surface area contributed by atoms with Crippen LogP contribution in [0.2, 0.25) is 0 Å². The SMILES string of the molecule is c1ccc(-c2ccc(-c3ccccc3)c(-c3ccc(-n4c5ccccc5c5ccc6ccccc6c54)cc3)c2)cc1. The van der Waals surface area contributed by atoms with Crippen LogP contribution in [0, 0.1) is 0 Å². The van der Waals surface area contributed by atoms with Crippen molar-refractivity contribution in [2.75, 3.05) is 0 Å². The highest BCUT2D eigenvalue weighted by molar-refractivity contribution is 6.18. The van der Waals surface area contributed by atoms with Gasteiger partial charge in [-0.3, -0.25) is 0 Å². The fourth-order valence-electron chi connectivity index (χ4n) is 6.25. The zero-order chi connectivity index (χ0) is 27.2. The fraction of sp³-hybridized carbons (Fsp3) is 0. The summed E-state index contributed by atoms with van der Waals surface area (Å²) in [6.45, 7) is 0. The summed E-state index contributed by atoms with van der Waals surface area (Å²) in [5, 5.41) is 5.09. The fourth-order valence-corrected chi connectivity index (χ4v) is 6.25. The van der Waals surface area contributed by atoms with Crippen molar-refractivity contribution < 1.29 is 0 Å². The van der Waals surface area contributed by atoms with Crippen LogP contribution in [0.15, 0.2) is 164 Å². The van der Waals surface area contributed by atoms with E-state index in [0.29, 0.717) is 0 Å². The number of hydrogen-bond acceptors (Lipinski definition) is 0. The number of fused-ring (bicyclic) bond motifs is 5. The van der Waals surface area contributed by atoms with Crippen molar-refractivity contribution in [3.05, 3.63) is 164 Å². The van der Waals surface area contributed by atoms with E-state index in [9.17, 15) is 0 Å². The van der Waals surface area contributed by atoms with Crippen LogP contribution in [0.25, 0.3) is 71.6 Å². The zero-order valence-electron chi connectivity index (χ0n) is 22.5. The van der Waals surface area contributed by atoms with E-state index in [1.807, 2.05) is 0 Å². The average molecular weight is 522 g/mol. The van der Waals surface area contributed by atoms with Crippen LogP contribution < -0.4 is 0 Å². The molecule has 0 N–H and O–H groups in total. The highest BCUT2D eigenvalue weighted by Gasteiger charge is 2.15. The predicted octanol–water partition coefficient (Wildman–Crippen LogP) is 10.9. The summed E-state index contributed by atoms with van der Waals surface area (Å²) in [6.07, 6.45) is 0. The summed E-state index contributed by atoms with van der Waals surface area (Å²) in [6, 6.07) is 59.2. The van der Waals surface area contributed by atoms with Gasteiger partial charge in [0.05, 0.1) is 11.0 Å². The number of rotatable bonds is 4. The summed E-state index contributed by atoms with van der Waals surface area (Å²) in [4.78, 5) is 0. The van der Waals surface area contributed by atoms with Crippen LogP contribution in [0.4, 0.5) is 0 Å². The van der Waals surface area contributed by atoms with Gasteiger partial charge in [-0.25, -0.2) is 0 Å². The van der Waals surface area contributed by atoms with E-state index in [4.69, 9.17) is 0 Å². The third kappa shape index (κ3) is 3.94. The number of para-hydroxylation sites is 1. The molecule has 0 aliphatic carbocycles. The zero-order valence-corrected chi connectivity index (χ0v) is 22.5. The minimum atomic E-state index is 1.16. The number of nitrogens with zero attached hydrogens (tertiary/aromatic N) is 1. The Kier molecular flexibility index (Phi) is 5.53. The minimum Gasteiger partial charge on any atom is -0.309 e. The molecule has 1 heteroatoms. The second kappa shape index (κ2) is 9.66. The lowest BCUT2D eigenvalue weighted by atomic mass is 9.91. The first-order valence-corrected chi connectivity index (χ1v) is 14.1. The lowest BCUT2D eigenvalue weighted by Crippen LogP contribution is -1.95. The second-order valence-corrected chi connectivity index (χ2v) is 10.6. The van der Waals surface area contributed by atoms with E-state index in [1.54, 1.807) is 0 Å². The predicted molar refractivity (Wildman–Crippen MR) is 175 cm³/mol. The van der Waals surface area contributed by atoms with Crippen LogP contribution in [-0.2, 0) is 0 Å². The second-order valence-electron chi connectivity index (χ2n) is 10.6. The van der Waals surface area contributed by atoms with Crippen LogP contribution in [-0.4, -0.2) is 4.57 Å². The first-order valence-electron chi connectivity index (χ1n) is 14.1. The molecule has 0 radical (unpaired) electrons. The molecule has 0 saturated carbocycles. The van der Waals surface area contributed by atoms with Gasteiger partial charge in [-0.05, 0) is 63.0 Å². The lowest BCUT2D eigenvalue weighted by molar-refractivity contribution is 1.19. The number of aromatic nitrogens is 1. The van der Waals surface area contributed by atoms with Crippen molar-refractivity contribution in [3.8, 4) is 39.1 Å². The summed E-state index contributed by atoms with van der Waals surface area (Å²) >= 11 is 0. The van der Waals surface area contributed by atoms with Crippen molar-refractivity contribution in [2.45, 2.75) is 0 Å². The molecule has 0 bridgehead atoms.